The van der Waals surface area contributed by atoms with E-state index in [9.17, 15) is 4.79 Å². The first-order valence-corrected chi connectivity index (χ1v) is 6.34. The van der Waals surface area contributed by atoms with Gasteiger partial charge in [-0.3, -0.25) is 9.78 Å². The summed E-state index contributed by atoms with van der Waals surface area (Å²) in [7, 11) is 0. The Balaban J connectivity index is 2.49. The molecule has 1 amide bonds. The van der Waals surface area contributed by atoms with Gasteiger partial charge in [-0.05, 0) is 11.8 Å². The van der Waals surface area contributed by atoms with Crippen LogP contribution in [0.5, 0.6) is 0 Å². The highest BCUT2D eigenvalue weighted by molar-refractivity contribution is 7.99. The van der Waals surface area contributed by atoms with E-state index >= 15 is 0 Å². The third-order valence-electron chi connectivity index (χ3n) is 2.03. The maximum atomic E-state index is 11.5. The number of aliphatic hydroxyl groups is 1. The van der Waals surface area contributed by atoms with Crippen molar-refractivity contribution in [1.29, 1.82) is 0 Å². The number of rotatable bonds is 6. The summed E-state index contributed by atoms with van der Waals surface area (Å²) in [5, 5.41) is 11.8. The minimum absolute atomic E-state index is 0.0383. The van der Waals surface area contributed by atoms with Crippen molar-refractivity contribution in [2.24, 2.45) is 0 Å². The average Bonchev–Trinajstić information content (AvgIpc) is 2.30. The van der Waals surface area contributed by atoms with Crippen molar-refractivity contribution in [3.63, 3.8) is 0 Å². The molecule has 4 nitrogen and oxygen atoms in total. The molecular formula is C11H16N2O2S. The summed E-state index contributed by atoms with van der Waals surface area (Å²) in [5.41, 5.74) is 1.28. The topological polar surface area (TPSA) is 62.2 Å². The van der Waals surface area contributed by atoms with Crippen LogP contribution in [-0.4, -0.2) is 27.5 Å². The molecular weight excluding hydrogens is 224 g/mol. The van der Waals surface area contributed by atoms with E-state index in [1.54, 1.807) is 30.2 Å². The van der Waals surface area contributed by atoms with E-state index in [0.717, 1.165) is 11.5 Å². The maximum absolute atomic E-state index is 11.5. The fourth-order valence-electron chi connectivity index (χ4n) is 1.20. The molecule has 16 heavy (non-hydrogen) atoms. The molecule has 0 saturated carbocycles. The van der Waals surface area contributed by atoms with Crippen LogP contribution in [-0.2, 0) is 11.4 Å². The van der Waals surface area contributed by atoms with Crippen molar-refractivity contribution >= 4 is 23.4 Å². The molecule has 2 N–H and O–H groups in total. The van der Waals surface area contributed by atoms with Crippen molar-refractivity contribution in [3.8, 4) is 0 Å². The normalized spacial score (nSPS) is 10.1. The smallest absolute Gasteiger partial charge is 0.225 e. The predicted octanol–water partition coefficient (Wildman–Crippen LogP) is 1.66. The number of nitrogens with zero attached hydrogens (tertiary/aromatic N) is 1. The molecule has 0 bridgehead atoms. The van der Waals surface area contributed by atoms with Crippen LogP contribution in [0.1, 0.15) is 18.9 Å². The number of carbonyl (C=O) groups is 1. The fraction of sp³-hybridized carbons (Fsp3) is 0.455. The third kappa shape index (κ3) is 4.20. The minimum Gasteiger partial charge on any atom is -0.392 e. The van der Waals surface area contributed by atoms with E-state index < -0.39 is 0 Å². The van der Waals surface area contributed by atoms with Crippen LogP contribution < -0.4 is 5.32 Å². The molecule has 1 aromatic heterocycles. The second-order valence-corrected chi connectivity index (χ2v) is 4.58. The first-order valence-electron chi connectivity index (χ1n) is 5.19. The molecule has 1 aromatic rings. The summed E-state index contributed by atoms with van der Waals surface area (Å²) in [4.78, 5) is 15.4. The van der Waals surface area contributed by atoms with E-state index in [-0.39, 0.29) is 12.5 Å². The highest BCUT2D eigenvalue weighted by Gasteiger charge is 2.05. The van der Waals surface area contributed by atoms with E-state index in [1.807, 2.05) is 0 Å². The Labute approximate surface area is 99.5 Å². The van der Waals surface area contributed by atoms with Crippen molar-refractivity contribution in [3.05, 3.63) is 24.0 Å². The van der Waals surface area contributed by atoms with Gasteiger partial charge in [-0.1, -0.05) is 6.92 Å². The van der Waals surface area contributed by atoms with Crippen LogP contribution in [0, 0.1) is 0 Å². The Morgan fingerprint density at radius 3 is 3.12 bits per heavy atom. The van der Waals surface area contributed by atoms with Gasteiger partial charge in [-0.2, -0.15) is 11.8 Å². The van der Waals surface area contributed by atoms with Crippen LogP contribution in [0.2, 0.25) is 0 Å². The number of pyridine rings is 1. The number of aromatic nitrogens is 1. The van der Waals surface area contributed by atoms with Gasteiger partial charge in [-0.25, -0.2) is 0 Å². The molecule has 0 aliphatic heterocycles. The van der Waals surface area contributed by atoms with E-state index in [2.05, 4.69) is 17.2 Å². The molecule has 1 heterocycles. The van der Waals surface area contributed by atoms with Gasteiger partial charge in [0.25, 0.3) is 0 Å². The van der Waals surface area contributed by atoms with Gasteiger partial charge in [0.05, 0.1) is 18.5 Å². The monoisotopic (exact) mass is 240 g/mol. The molecule has 0 fully saturated rings. The second kappa shape index (κ2) is 7.24. The Kier molecular flexibility index (Phi) is 5.88. The molecule has 0 unspecified atom stereocenters. The first-order chi connectivity index (χ1) is 7.77. The van der Waals surface area contributed by atoms with E-state index in [0.29, 0.717) is 17.7 Å². The summed E-state index contributed by atoms with van der Waals surface area (Å²) in [6.07, 6.45) is 3.63. The Morgan fingerprint density at radius 2 is 2.44 bits per heavy atom. The quantitative estimate of drug-likeness (QED) is 0.742. The van der Waals surface area contributed by atoms with Crippen LogP contribution in [0.3, 0.4) is 0 Å². The standard InChI is InChI=1S/C11H16N2O2S/c1-2-16-6-4-11(15)13-10-7-12-5-3-9(10)8-14/h3,5,7,14H,2,4,6,8H2,1H3,(H,13,15). The van der Waals surface area contributed by atoms with E-state index in [4.69, 9.17) is 5.11 Å². The lowest BCUT2D eigenvalue weighted by Crippen LogP contribution is -2.14. The van der Waals surface area contributed by atoms with Crippen LogP contribution in [0.4, 0.5) is 5.69 Å². The summed E-state index contributed by atoms with van der Waals surface area (Å²) < 4.78 is 0. The van der Waals surface area contributed by atoms with Crippen molar-refractivity contribution in [1.82, 2.24) is 4.98 Å². The highest BCUT2D eigenvalue weighted by Crippen LogP contribution is 2.13. The number of nitrogens with one attached hydrogen (secondary N) is 1. The lowest BCUT2D eigenvalue weighted by Gasteiger charge is -2.08. The summed E-state index contributed by atoms with van der Waals surface area (Å²) in [6, 6.07) is 1.69. The molecule has 0 saturated heterocycles. The zero-order valence-electron chi connectivity index (χ0n) is 9.27. The number of hydrogen-bond donors (Lipinski definition) is 2. The fourth-order valence-corrected chi connectivity index (χ4v) is 1.81. The predicted molar refractivity (Wildman–Crippen MR) is 66.4 cm³/mol. The minimum atomic E-state index is -0.0954. The van der Waals surface area contributed by atoms with Gasteiger partial charge in [0.2, 0.25) is 5.91 Å². The molecule has 0 aliphatic carbocycles. The van der Waals surface area contributed by atoms with Gasteiger partial charge >= 0.3 is 0 Å². The number of amides is 1. The Hall–Kier alpha value is -1.07. The zero-order valence-corrected chi connectivity index (χ0v) is 10.1. The Bertz CT molecular complexity index is 345. The second-order valence-electron chi connectivity index (χ2n) is 3.19. The Morgan fingerprint density at radius 1 is 1.62 bits per heavy atom. The van der Waals surface area contributed by atoms with Gasteiger partial charge in [0, 0.05) is 23.9 Å². The van der Waals surface area contributed by atoms with E-state index in [1.165, 1.54) is 0 Å². The molecule has 0 aromatic carbocycles. The average molecular weight is 240 g/mol. The SMILES string of the molecule is CCSCCC(=O)Nc1cnccc1CO. The lowest BCUT2D eigenvalue weighted by molar-refractivity contribution is -0.115. The molecule has 0 radical (unpaired) electrons. The maximum Gasteiger partial charge on any atom is 0.225 e. The van der Waals surface area contributed by atoms with Crippen LogP contribution in [0.25, 0.3) is 0 Å². The highest BCUT2D eigenvalue weighted by atomic mass is 32.2. The molecule has 1 rings (SSSR count). The largest absolute Gasteiger partial charge is 0.392 e. The number of anilines is 1. The first kappa shape index (κ1) is 13.0. The van der Waals surface area contributed by atoms with Crippen molar-refractivity contribution < 1.29 is 9.90 Å². The van der Waals surface area contributed by atoms with Gasteiger partial charge in [-0.15, -0.1) is 0 Å². The van der Waals surface area contributed by atoms with Crippen LogP contribution >= 0.6 is 11.8 Å². The van der Waals surface area contributed by atoms with Crippen molar-refractivity contribution in [2.45, 2.75) is 20.0 Å². The van der Waals surface area contributed by atoms with Gasteiger partial charge in [0.1, 0.15) is 0 Å². The molecule has 0 atom stereocenters. The number of hydrogen-bond acceptors (Lipinski definition) is 4. The number of thioether (sulfide) groups is 1. The summed E-state index contributed by atoms with van der Waals surface area (Å²) >= 11 is 1.73. The van der Waals surface area contributed by atoms with Crippen LogP contribution in [0.15, 0.2) is 18.5 Å². The number of aliphatic hydroxyl groups excluding tert-OH is 1. The van der Waals surface area contributed by atoms with Gasteiger partial charge < -0.3 is 10.4 Å². The molecule has 0 aliphatic rings. The van der Waals surface area contributed by atoms with Gasteiger partial charge in [0.15, 0.2) is 0 Å². The molecule has 88 valence electrons. The molecule has 5 heteroatoms. The molecule has 0 spiro atoms. The zero-order chi connectivity index (χ0) is 11.8. The summed E-state index contributed by atoms with van der Waals surface area (Å²) in [5.74, 6) is 1.79. The summed E-state index contributed by atoms with van der Waals surface area (Å²) in [6.45, 7) is 1.97. The van der Waals surface area contributed by atoms with Crippen molar-refractivity contribution in [2.75, 3.05) is 16.8 Å². The third-order valence-corrected chi connectivity index (χ3v) is 2.93. The lowest BCUT2D eigenvalue weighted by atomic mass is 10.2. The number of carbonyl (C=O) groups excluding carboxylic acids is 1.